The van der Waals surface area contributed by atoms with E-state index in [1.165, 1.54) is 200 Å². The topological polar surface area (TPSA) is 6.48 Å². The molecular formula is C105H64N2. The van der Waals surface area contributed by atoms with Crippen molar-refractivity contribution in [3.05, 3.63) is 455 Å². The SMILES string of the molecule is c1ccc(N2c3ccccc3C3(c4ccccc4-c4c(-c5cccc6c(-c7cccc8c7-c7c(ccc9ccccc79)C87c8ccccc8-c8ccccc87)c7cccc(-c8cccc9c8-c8ccccc8C98c9ccccc9N(c9ccccc9)c9ccccc98)c7cc56)cccc43)c3ccccc32)cc1. The average molecular weight is 1350 g/mol. The van der Waals surface area contributed by atoms with Gasteiger partial charge in [-0.2, -0.15) is 0 Å². The molecule has 2 heterocycles. The fourth-order valence-electron chi connectivity index (χ4n) is 21.6. The van der Waals surface area contributed by atoms with Gasteiger partial charge < -0.3 is 9.80 Å². The summed E-state index contributed by atoms with van der Waals surface area (Å²) in [4.78, 5) is 4.96. The second kappa shape index (κ2) is 21.7. The van der Waals surface area contributed by atoms with E-state index in [1.807, 2.05) is 0 Å². The fourth-order valence-corrected chi connectivity index (χ4v) is 21.6. The minimum Gasteiger partial charge on any atom is -0.310 e. The van der Waals surface area contributed by atoms with Crippen molar-refractivity contribution < 1.29 is 0 Å². The van der Waals surface area contributed by atoms with Crippen LogP contribution in [0.15, 0.2) is 388 Å². The molecule has 18 aromatic rings. The molecular weight excluding hydrogens is 1290 g/mol. The minimum absolute atomic E-state index is 0.584. The Hall–Kier alpha value is -13.7. The zero-order chi connectivity index (χ0) is 69.8. The predicted molar refractivity (Wildman–Crippen MR) is 443 cm³/mol. The molecule has 6 aliphatic rings. The molecule has 2 aliphatic heterocycles. The van der Waals surface area contributed by atoms with E-state index in [-0.39, 0.29) is 0 Å². The first-order valence-electron chi connectivity index (χ1n) is 37.6. The molecule has 0 radical (unpaired) electrons. The molecule has 2 heteroatoms. The second-order valence-corrected chi connectivity index (χ2v) is 29.8. The first-order valence-corrected chi connectivity index (χ1v) is 37.6. The summed E-state index contributed by atoms with van der Waals surface area (Å²) in [5.74, 6) is 0. The van der Waals surface area contributed by atoms with Gasteiger partial charge >= 0.3 is 0 Å². The summed E-state index contributed by atoms with van der Waals surface area (Å²) < 4.78 is 0. The molecule has 0 saturated heterocycles. The maximum atomic E-state index is 2.61. The van der Waals surface area contributed by atoms with E-state index >= 15 is 0 Å². The van der Waals surface area contributed by atoms with Crippen LogP contribution in [0.25, 0.3) is 110 Å². The molecule has 0 atom stereocenters. The summed E-state index contributed by atoms with van der Waals surface area (Å²) in [6.45, 7) is 0. The highest BCUT2D eigenvalue weighted by Crippen LogP contribution is 2.70. The van der Waals surface area contributed by atoms with Gasteiger partial charge in [0.05, 0.1) is 39.0 Å². The number of fused-ring (bicyclic) bond motifs is 32. The smallest absolute Gasteiger partial charge is 0.0754 e. The standard InChI is InChI=1S/C105H64N2/c1-3-31-66(32-4-1)106-94-58-21-17-51-86(94)104(87-52-18-22-59-95(87)106)84-49-15-11-38-77(84)99-73(44-27-55-90(99)104)69-40-25-42-75-80(69)64-81-70(74-45-28-56-91-100(74)78-39-12-16-50-85(78)105(91)88-53-19-23-60-96(88)107(67-33-5-2-6-34-67)97-61-24-20-54-89(97)105)41-26-43-76(81)98(75)79-46-29-57-92-102(79)101-68-35-8-7-30-65(68)62-63-93(101)103(92)82-47-13-9-36-71(82)72-37-10-14-48-83(72)103/h1-64H. The lowest BCUT2D eigenvalue weighted by molar-refractivity contribution is 0.753. The van der Waals surface area contributed by atoms with Crippen molar-refractivity contribution in [2.45, 2.75) is 16.2 Å². The van der Waals surface area contributed by atoms with Crippen LogP contribution in [0.4, 0.5) is 34.1 Å². The van der Waals surface area contributed by atoms with Gasteiger partial charge in [-0.05, 0) is 232 Å². The molecule has 0 unspecified atom stereocenters. The van der Waals surface area contributed by atoms with Crippen molar-refractivity contribution in [2.24, 2.45) is 0 Å². The van der Waals surface area contributed by atoms with Crippen LogP contribution < -0.4 is 9.80 Å². The number of para-hydroxylation sites is 6. The van der Waals surface area contributed by atoms with Crippen LogP contribution in [0.2, 0.25) is 0 Å². The third-order valence-electron chi connectivity index (χ3n) is 25.3. The van der Waals surface area contributed by atoms with Crippen LogP contribution in [0, 0.1) is 0 Å². The van der Waals surface area contributed by atoms with Gasteiger partial charge in [-0.1, -0.05) is 334 Å². The quantitative estimate of drug-likeness (QED) is 0.159. The zero-order valence-corrected chi connectivity index (χ0v) is 58.3. The zero-order valence-electron chi connectivity index (χ0n) is 58.3. The van der Waals surface area contributed by atoms with Gasteiger partial charge in [0.2, 0.25) is 0 Å². The highest BCUT2D eigenvalue weighted by atomic mass is 15.2. The van der Waals surface area contributed by atoms with Crippen LogP contribution in [0.5, 0.6) is 0 Å². The molecule has 0 bridgehead atoms. The molecule has 3 spiro atoms. The van der Waals surface area contributed by atoms with Gasteiger partial charge in [-0.25, -0.2) is 0 Å². The van der Waals surface area contributed by atoms with E-state index < -0.39 is 16.2 Å². The number of hydrogen-bond acceptors (Lipinski definition) is 2. The average Bonchev–Trinajstić information content (AvgIpc) is 1.52. The maximum absolute atomic E-state index is 2.61. The number of nitrogens with zero attached hydrogens (tertiary/aromatic N) is 2. The van der Waals surface area contributed by atoms with Gasteiger partial charge in [0.15, 0.2) is 0 Å². The van der Waals surface area contributed by atoms with Gasteiger partial charge in [-0.3, -0.25) is 0 Å². The normalized spacial score (nSPS) is 14.5. The second-order valence-electron chi connectivity index (χ2n) is 29.8. The number of hydrogen-bond donors (Lipinski definition) is 0. The van der Waals surface area contributed by atoms with Crippen molar-refractivity contribution in [2.75, 3.05) is 9.80 Å². The highest BCUT2D eigenvalue weighted by molar-refractivity contribution is 6.23. The minimum atomic E-state index is -0.648. The largest absolute Gasteiger partial charge is 0.310 e. The Balaban J connectivity index is 0.820. The third-order valence-corrected chi connectivity index (χ3v) is 25.3. The van der Waals surface area contributed by atoms with Gasteiger partial charge in [0.25, 0.3) is 0 Å². The van der Waals surface area contributed by atoms with E-state index in [1.54, 1.807) is 0 Å². The molecule has 0 N–H and O–H groups in total. The van der Waals surface area contributed by atoms with E-state index in [9.17, 15) is 0 Å². The summed E-state index contributed by atoms with van der Waals surface area (Å²) in [5, 5.41) is 7.32. The Labute approximate surface area is 621 Å². The molecule has 0 aromatic heterocycles. The molecule has 2 nitrogen and oxygen atoms in total. The summed E-state index contributed by atoms with van der Waals surface area (Å²) in [6, 6.07) is 149. The highest BCUT2D eigenvalue weighted by Gasteiger charge is 2.56. The molecule has 4 aliphatic carbocycles. The van der Waals surface area contributed by atoms with E-state index in [4.69, 9.17) is 0 Å². The lowest BCUT2D eigenvalue weighted by Gasteiger charge is -2.45. The Morgan fingerprint density at radius 1 is 0.150 bits per heavy atom. The van der Waals surface area contributed by atoms with E-state index in [0.29, 0.717) is 0 Å². The van der Waals surface area contributed by atoms with Crippen molar-refractivity contribution in [3.63, 3.8) is 0 Å². The summed E-state index contributed by atoms with van der Waals surface area (Å²) in [7, 11) is 0. The molecule has 18 aromatic carbocycles. The predicted octanol–water partition coefficient (Wildman–Crippen LogP) is 26.8. The summed E-state index contributed by atoms with van der Waals surface area (Å²) in [5.41, 5.74) is 38.2. The van der Waals surface area contributed by atoms with Crippen molar-refractivity contribution in [1.82, 2.24) is 0 Å². The Bertz CT molecular complexity index is 6480. The van der Waals surface area contributed by atoms with Gasteiger partial charge in [0.1, 0.15) is 0 Å². The molecule has 24 rings (SSSR count). The first-order chi connectivity index (χ1) is 53.2. The monoisotopic (exact) mass is 1350 g/mol. The fraction of sp³-hybridized carbons (Fsp3) is 0.0286. The summed E-state index contributed by atoms with van der Waals surface area (Å²) in [6.07, 6.45) is 0. The number of rotatable bonds is 5. The lowest BCUT2D eigenvalue weighted by atomic mass is 9.64. The van der Waals surface area contributed by atoms with E-state index in [2.05, 4.69) is 398 Å². The van der Waals surface area contributed by atoms with Crippen molar-refractivity contribution in [3.8, 4) is 77.9 Å². The Kier molecular flexibility index (Phi) is 11.9. The number of anilines is 6. The molecule has 107 heavy (non-hydrogen) atoms. The van der Waals surface area contributed by atoms with E-state index in [0.717, 1.165) is 11.4 Å². The van der Waals surface area contributed by atoms with Crippen molar-refractivity contribution in [1.29, 1.82) is 0 Å². The lowest BCUT2D eigenvalue weighted by Crippen LogP contribution is -2.36. The van der Waals surface area contributed by atoms with Crippen molar-refractivity contribution >= 4 is 66.4 Å². The number of benzene rings is 18. The molecule has 0 amide bonds. The van der Waals surface area contributed by atoms with Crippen LogP contribution >= 0.6 is 0 Å². The van der Waals surface area contributed by atoms with Crippen LogP contribution in [0.1, 0.15) is 66.8 Å². The van der Waals surface area contributed by atoms with Gasteiger partial charge in [-0.15, -0.1) is 0 Å². The molecule has 0 saturated carbocycles. The Morgan fingerprint density at radius 3 is 0.907 bits per heavy atom. The summed E-state index contributed by atoms with van der Waals surface area (Å²) >= 11 is 0. The first kappa shape index (κ1) is 58.8. The molecule has 494 valence electrons. The third kappa shape index (κ3) is 7.34. The molecule has 0 fully saturated rings. The van der Waals surface area contributed by atoms with Crippen LogP contribution in [-0.4, -0.2) is 0 Å². The van der Waals surface area contributed by atoms with Crippen LogP contribution in [-0.2, 0) is 16.2 Å². The van der Waals surface area contributed by atoms with Crippen LogP contribution in [0.3, 0.4) is 0 Å². The van der Waals surface area contributed by atoms with Gasteiger partial charge in [0, 0.05) is 11.4 Å². The Morgan fingerprint density at radius 2 is 0.449 bits per heavy atom. The maximum Gasteiger partial charge on any atom is 0.0754 e.